The third-order valence-corrected chi connectivity index (χ3v) is 7.75. The van der Waals surface area contributed by atoms with E-state index in [9.17, 15) is 24.3 Å². The van der Waals surface area contributed by atoms with Gasteiger partial charge in [0.05, 0.1) is 19.6 Å². The monoisotopic (exact) mass is 433 g/mol. The van der Waals surface area contributed by atoms with Crippen LogP contribution in [0.1, 0.15) is 31.2 Å². The lowest BCUT2D eigenvalue weighted by atomic mass is 9.89. The molecule has 8 heteroatoms. The van der Waals surface area contributed by atoms with Gasteiger partial charge in [-0.15, -0.1) is 0 Å². The molecule has 140 valence electrons. The molecule has 1 aromatic rings. The van der Waals surface area contributed by atoms with Gasteiger partial charge in [0.15, 0.2) is 5.16 Å². The highest BCUT2D eigenvalue weighted by Gasteiger charge is 2.65. The lowest BCUT2D eigenvalue weighted by Crippen LogP contribution is -3.00. The molecule has 1 aliphatic heterocycles. The number of aliphatic carboxylic acids is 1. The highest BCUT2D eigenvalue weighted by atomic mass is 79.9. The van der Waals surface area contributed by atoms with Crippen molar-refractivity contribution >= 4 is 13.6 Å². The van der Waals surface area contributed by atoms with Crippen LogP contribution in [0.4, 0.5) is 0 Å². The van der Waals surface area contributed by atoms with Crippen molar-refractivity contribution in [2.45, 2.75) is 43.4 Å². The third-order valence-electron chi connectivity index (χ3n) is 6.08. The van der Waals surface area contributed by atoms with Gasteiger partial charge < -0.3 is 36.4 Å². The molecule has 1 aromatic carbocycles. The van der Waals surface area contributed by atoms with E-state index in [-0.39, 0.29) is 41.8 Å². The van der Waals surface area contributed by atoms with E-state index in [0.29, 0.717) is 4.48 Å². The third kappa shape index (κ3) is 3.58. The Morgan fingerprint density at radius 3 is 2.48 bits per heavy atom. The number of nitrogens with zero attached hydrogens (tertiary/aromatic N) is 1. The molecule has 6 nitrogen and oxygen atoms in total. The summed E-state index contributed by atoms with van der Waals surface area (Å²) in [5.74, 6) is -1.30. The van der Waals surface area contributed by atoms with Gasteiger partial charge in [0.2, 0.25) is 0 Å². The van der Waals surface area contributed by atoms with Crippen LogP contribution in [-0.4, -0.2) is 50.1 Å². The number of fused-ring (bicyclic) bond motifs is 1. The zero-order valence-electron chi connectivity index (χ0n) is 14.2. The fourth-order valence-corrected chi connectivity index (χ4v) is 5.95. The number of carboxylic acid groups (broad SMARTS) is 1. The van der Waals surface area contributed by atoms with Gasteiger partial charge in [-0.25, -0.2) is 0 Å². The zero-order chi connectivity index (χ0) is 17.6. The number of benzene rings is 1. The van der Waals surface area contributed by atoms with Crippen molar-refractivity contribution in [2.24, 2.45) is 5.92 Å². The number of halogens is 1. The first-order chi connectivity index (χ1) is 11.2. The maximum Gasteiger partial charge on any atom is 0.343 e. The van der Waals surface area contributed by atoms with Crippen LogP contribution in [0.2, 0.25) is 0 Å². The minimum atomic E-state index is -4.72. The number of carboxylic acids is 1. The summed E-state index contributed by atoms with van der Waals surface area (Å²) in [5, 5.41) is 7.69. The first kappa shape index (κ1) is 20.6. The van der Waals surface area contributed by atoms with E-state index in [1.54, 1.807) is 0 Å². The topological polar surface area (TPSA) is 94.8 Å². The SMILES string of the molecule is C[N+]1(Cc2ccccc2)CCCC2CC(C(=O)O)(P(=O)(O)O)CC21.[Br-]. The van der Waals surface area contributed by atoms with E-state index >= 15 is 0 Å². The summed E-state index contributed by atoms with van der Waals surface area (Å²) in [6.45, 7) is 1.67. The van der Waals surface area contributed by atoms with Gasteiger partial charge >= 0.3 is 13.6 Å². The van der Waals surface area contributed by atoms with E-state index < -0.39 is 18.7 Å². The molecule has 1 aliphatic carbocycles. The molecule has 0 amide bonds. The molecule has 0 bridgehead atoms. The van der Waals surface area contributed by atoms with E-state index in [2.05, 4.69) is 19.2 Å². The fraction of sp³-hybridized carbons (Fsp3) is 0.588. The highest BCUT2D eigenvalue weighted by molar-refractivity contribution is 7.54. The van der Waals surface area contributed by atoms with Crippen LogP contribution in [-0.2, 0) is 15.9 Å². The molecular formula is C17H25BrNO5P. The van der Waals surface area contributed by atoms with Crippen LogP contribution < -0.4 is 17.0 Å². The van der Waals surface area contributed by atoms with Crippen molar-refractivity contribution < 1.29 is 45.7 Å². The van der Waals surface area contributed by atoms with E-state index in [1.807, 2.05) is 18.2 Å². The molecule has 4 atom stereocenters. The van der Waals surface area contributed by atoms with Crippen molar-refractivity contribution in [1.82, 2.24) is 0 Å². The van der Waals surface area contributed by atoms with E-state index in [1.165, 1.54) is 5.56 Å². The van der Waals surface area contributed by atoms with Crippen LogP contribution >= 0.6 is 7.60 Å². The Balaban J connectivity index is 0.00000225. The summed E-state index contributed by atoms with van der Waals surface area (Å²) < 4.78 is 12.7. The molecule has 1 saturated carbocycles. The number of hydrogen-bond donors (Lipinski definition) is 3. The second-order valence-corrected chi connectivity index (χ2v) is 9.55. The van der Waals surface area contributed by atoms with Gasteiger partial charge in [0.25, 0.3) is 0 Å². The van der Waals surface area contributed by atoms with Gasteiger partial charge in [-0.3, -0.25) is 9.36 Å². The number of quaternary nitrogens is 1. The molecule has 2 aliphatic rings. The van der Waals surface area contributed by atoms with Crippen molar-refractivity contribution in [1.29, 1.82) is 0 Å². The van der Waals surface area contributed by atoms with Crippen molar-refractivity contribution in [3.8, 4) is 0 Å². The second-order valence-electron chi connectivity index (χ2n) is 7.61. The Hall–Kier alpha value is -0.720. The maximum absolute atomic E-state index is 12.0. The van der Waals surface area contributed by atoms with Crippen LogP contribution in [0.15, 0.2) is 30.3 Å². The van der Waals surface area contributed by atoms with Crippen LogP contribution in [0.5, 0.6) is 0 Å². The van der Waals surface area contributed by atoms with Gasteiger partial charge in [-0.1, -0.05) is 30.3 Å². The fourth-order valence-electron chi connectivity index (χ4n) is 4.80. The zero-order valence-corrected chi connectivity index (χ0v) is 16.7. The van der Waals surface area contributed by atoms with E-state index in [0.717, 1.165) is 25.9 Å². The van der Waals surface area contributed by atoms with E-state index in [4.69, 9.17) is 0 Å². The Morgan fingerprint density at radius 1 is 1.28 bits per heavy atom. The molecular weight excluding hydrogens is 409 g/mol. The minimum absolute atomic E-state index is 0. The molecule has 0 radical (unpaired) electrons. The average molecular weight is 434 g/mol. The number of carbonyl (C=O) groups is 1. The summed E-state index contributed by atoms with van der Waals surface area (Å²) in [6.07, 6.45) is 1.95. The largest absolute Gasteiger partial charge is 1.00 e. The maximum atomic E-state index is 12.0. The van der Waals surface area contributed by atoms with Crippen molar-refractivity contribution in [3.05, 3.63) is 35.9 Å². The van der Waals surface area contributed by atoms with Gasteiger partial charge in [0, 0.05) is 17.9 Å². The summed E-state index contributed by atoms with van der Waals surface area (Å²) in [7, 11) is -2.62. The molecule has 3 rings (SSSR count). The Labute approximate surface area is 158 Å². The average Bonchev–Trinajstić information content (AvgIpc) is 2.91. The second kappa shape index (κ2) is 7.12. The Morgan fingerprint density at radius 2 is 1.92 bits per heavy atom. The molecule has 2 fully saturated rings. The normalized spacial score (nSPS) is 34.8. The quantitative estimate of drug-likeness (QED) is 0.427. The van der Waals surface area contributed by atoms with Crippen LogP contribution in [0, 0.1) is 5.92 Å². The Bertz CT molecular complexity index is 681. The predicted octanol–water partition coefficient (Wildman–Crippen LogP) is -0.789. The van der Waals surface area contributed by atoms with Gasteiger partial charge in [-0.2, -0.15) is 0 Å². The first-order valence-electron chi connectivity index (χ1n) is 8.35. The lowest BCUT2D eigenvalue weighted by Gasteiger charge is -2.46. The summed E-state index contributed by atoms with van der Waals surface area (Å²) >= 11 is 0. The molecule has 3 N–H and O–H groups in total. The molecule has 1 saturated heterocycles. The minimum Gasteiger partial charge on any atom is -1.00 e. The summed E-state index contributed by atoms with van der Waals surface area (Å²) in [5.41, 5.74) is 1.17. The number of hydrogen-bond acceptors (Lipinski definition) is 2. The molecule has 25 heavy (non-hydrogen) atoms. The first-order valence-corrected chi connectivity index (χ1v) is 9.96. The molecule has 0 spiro atoms. The van der Waals surface area contributed by atoms with Gasteiger partial charge in [0.1, 0.15) is 6.54 Å². The predicted molar refractivity (Wildman–Crippen MR) is 89.4 cm³/mol. The summed E-state index contributed by atoms with van der Waals surface area (Å²) in [6, 6.07) is 10.00. The number of likely N-dealkylation sites (tertiary alicyclic amines) is 1. The molecule has 4 unspecified atom stereocenters. The highest BCUT2D eigenvalue weighted by Crippen LogP contribution is 2.63. The smallest absolute Gasteiger partial charge is 0.343 e. The standard InChI is InChI=1S/C17H24NO5P.BrH/c1-18(12-13-6-3-2-4-7-13)9-5-8-14-10-17(16(19)20,11-15(14)18)24(21,22)23;/h2-4,6-7,14-15H,5,8-12H2,1H3,(H2-,19,20,21,22,23);1H. The molecule has 0 aromatic heterocycles. The Kier molecular flexibility index (Phi) is 5.87. The number of rotatable bonds is 4. The lowest BCUT2D eigenvalue weighted by molar-refractivity contribution is -0.953. The molecule has 1 heterocycles. The van der Waals surface area contributed by atoms with Crippen molar-refractivity contribution in [2.75, 3.05) is 13.6 Å². The van der Waals surface area contributed by atoms with Crippen LogP contribution in [0.3, 0.4) is 0 Å². The number of piperidine rings is 1. The van der Waals surface area contributed by atoms with Crippen LogP contribution in [0.25, 0.3) is 0 Å². The van der Waals surface area contributed by atoms with Crippen molar-refractivity contribution in [3.63, 3.8) is 0 Å². The van der Waals surface area contributed by atoms with Gasteiger partial charge in [-0.05, 0) is 19.3 Å². The summed E-state index contributed by atoms with van der Waals surface area (Å²) in [4.78, 5) is 31.3.